The van der Waals surface area contributed by atoms with Gasteiger partial charge in [-0.25, -0.2) is 0 Å². The first kappa shape index (κ1) is 14.1. The number of benzene rings is 1. The van der Waals surface area contributed by atoms with E-state index in [4.69, 9.17) is 0 Å². The molecule has 1 N–H and O–H groups in total. The van der Waals surface area contributed by atoms with Crippen molar-refractivity contribution in [1.29, 1.82) is 0 Å². The predicted molar refractivity (Wildman–Crippen MR) is 65.9 cm³/mol. The van der Waals surface area contributed by atoms with Crippen LogP contribution in [0.1, 0.15) is 12.0 Å². The van der Waals surface area contributed by atoms with Crippen molar-refractivity contribution < 1.29 is 17.9 Å². The lowest BCUT2D eigenvalue weighted by molar-refractivity contribution is -0.274. The lowest BCUT2D eigenvalue weighted by atomic mass is 10.1. The van der Waals surface area contributed by atoms with Crippen molar-refractivity contribution in [2.24, 2.45) is 0 Å². The molecule has 1 heterocycles. The zero-order chi connectivity index (χ0) is 13.9. The maximum atomic E-state index is 12.0. The van der Waals surface area contributed by atoms with Crippen LogP contribution in [0.25, 0.3) is 0 Å². The van der Waals surface area contributed by atoms with Gasteiger partial charge in [0.2, 0.25) is 0 Å². The molecule has 6 heteroatoms. The summed E-state index contributed by atoms with van der Waals surface area (Å²) in [5.41, 5.74) is 0.976. The standard InChI is InChI=1S/C13H17F3N2O/c1-18(11-6-7-17-8-11)9-10-2-4-12(5-3-10)19-13(14,15)16/h2-5,11,17H,6-9H2,1H3. The molecule has 19 heavy (non-hydrogen) atoms. The Kier molecular flexibility index (Phi) is 4.31. The summed E-state index contributed by atoms with van der Waals surface area (Å²) in [5.74, 6) is -0.179. The molecule has 0 aliphatic carbocycles. The molecule has 1 saturated heterocycles. The van der Waals surface area contributed by atoms with Crippen molar-refractivity contribution in [3.8, 4) is 5.75 Å². The number of nitrogens with one attached hydrogen (secondary N) is 1. The molecule has 3 nitrogen and oxygen atoms in total. The molecule has 0 spiro atoms. The maximum Gasteiger partial charge on any atom is 0.573 e. The van der Waals surface area contributed by atoms with E-state index in [0.29, 0.717) is 6.04 Å². The van der Waals surface area contributed by atoms with Crippen LogP contribution in [0.2, 0.25) is 0 Å². The van der Waals surface area contributed by atoms with Gasteiger partial charge in [-0.2, -0.15) is 0 Å². The van der Waals surface area contributed by atoms with E-state index in [0.717, 1.165) is 31.6 Å². The highest BCUT2D eigenvalue weighted by Gasteiger charge is 2.31. The average Bonchev–Trinajstić information content (AvgIpc) is 2.83. The molecule has 1 unspecified atom stereocenters. The molecular formula is C13H17F3N2O. The van der Waals surface area contributed by atoms with Gasteiger partial charge in [-0.1, -0.05) is 12.1 Å². The first-order valence-electron chi connectivity index (χ1n) is 6.20. The van der Waals surface area contributed by atoms with Gasteiger partial charge >= 0.3 is 6.36 Å². The van der Waals surface area contributed by atoms with Crippen LogP contribution >= 0.6 is 0 Å². The van der Waals surface area contributed by atoms with Crippen LogP contribution in [0.4, 0.5) is 13.2 Å². The number of alkyl halides is 3. The Balaban J connectivity index is 1.91. The Morgan fingerprint density at radius 2 is 2.00 bits per heavy atom. The van der Waals surface area contributed by atoms with Gasteiger partial charge in [-0.05, 0) is 37.7 Å². The van der Waals surface area contributed by atoms with Gasteiger partial charge in [0.25, 0.3) is 0 Å². The van der Waals surface area contributed by atoms with Gasteiger partial charge < -0.3 is 10.1 Å². The van der Waals surface area contributed by atoms with Gasteiger partial charge in [0.15, 0.2) is 0 Å². The lowest BCUT2D eigenvalue weighted by Crippen LogP contribution is -2.32. The SMILES string of the molecule is CN(Cc1ccc(OC(F)(F)F)cc1)C1CCNC1. The van der Waals surface area contributed by atoms with E-state index in [1.165, 1.54) is 12.1 Å². The quantitative estimate of drug-likeness (QED) is 0.912. The van der Waals surface area contributed by atoms with Gasteiger partial charge in [-0.15, -0.1) is 13.2 Å². The average molecular weight is 274 g/mol. The maximum absolute atomic E-state index is 12.0. The van der Waals surface area contributed by atoms with E-state index in [9.17, 15) is 13.2 Å². The van der Waals surface area contributed by atoms with Crippen molar-refractivity contribution in [2.75, 3.05) is 20.1 Å². The zero-order valence-electron chi connectivity index (χ0n) is 10.7. The minimum atomic E-state index is -4.63. The zero-order valence-corrected chi connectivity index (χ0v) is 10.7. The van der Waals surface area contributed by atoms with E-state index in [1.807, 2.05) is 7.05 Å². The summed E-state index contributed by atoms with van der Waals surface area (Å²) in [5, 5.41) is 3.29. The van der Waals surface area contributed by atoms with Crippen LogP contribution in [-0.4, -0.2) is 37.4 Å². The molecule has 1 aliphatic heterocycles. The summed E-state index contributed by atoms with van der Waals surface area (Å²) in [6.45, 7) is 2.71. The van der Waals surface area contributed by atoms with Gasteiger partial charge in [0, 0.05) is 19.1 Å². The first-order chi connectivity index (χ1) is 8.94. The largest absolute Gasteiger partial charge is 0.573 e. The minimum absolute atomic E-state index is 0.179. The fourth-order valence-electron chi connectivity index (χ4n) is 2.23. The van der Waals surface area contributed by atoms with E-state index < -0.39 is 6.36 Å². The lowest BCUT2D eigenvalue weighted by Gasteiger charge is -2.23. The Hall–Kier alpha value is -1.27. The molecule has 1 atom stereocenters. The summed E-state index contributed by atoms with van der Waals surface area (Å²) in [4.78, 5) is 2.21. The van der Waals surface area contributed by atoms with Gasteiger partial charge in [0.05, 0.1) is 0 Å². The second-order valence-electron chi connectivity index (χ2n) is 4.75. The summed E-state index contributed by atoms with van der Waals surface area (Å²) in [6, 6.07) is 6.53. The number of halogens is 3. The van der Waals surface area contributed by atoms with Crippen LogP contribution in [0, 0.1) is 0 Å². The number of hydrogen-bond acceptors (Lipinski definition) is 3. The Bertz CT molecular complexity index is 399. The number of likely N-dealkylation sites (N-methyl/N-ethyl adjacent to an activating group) is 1. The van der Waals surface area contributed by atoms with Crippen LogP contribution < -0.4 is 10.1 Å². The van der Waals surface area contributed by atoms with Crippen LogP contribution in [0.15, 0.2) is 24.3 Å². The van der Waals surface area contributed by atoms with Crippen molar-refractivity contribution in [2.45, 2.75) is 25.4 Å². The molecule has 1 aliphatic rings. The molecule has 0 aromatic heterocycles. The summed E-state index contributed by atoms with van der Waals surface area (Å²) in [6.07, 6.45) is -3.53. The summed E-state index contributed by atoms with van der Waals surface area (Å²) >= 11 is 0. The molecule has 1 aromatic carbocycles. The summed E-state index contributed by atoms with van der Waals surface area (Å²) in [7, 11) is 2.03. The third-order valence-corrected chi connectivity index (χ3v) is 3.25. The van der Waals surface area contributed by atoms with Crippen molar-refractivity contribution in [1.82, 2.24) is 10.2 Å². The fourth-order valence-corrected chi connectivity index (χ4v) is 2.23. The Morgan fingerprint density at radius 3 is 2.53 bits per heavy atom. The molecule has 1 aromatic rings. The second-order valence-corrected chi connectivity index (χ2v) is 4.75. The fraction of sp³-hybridized carbons (Fsp3) is 0.538. The smallest absolute Gasteiger partial charge is 0.406 e. The Labute approximate surface area is 110 Å². The van der Waals surface area contributed by atoms with Gasteiger partial charge in [0.1, 0.15) is 5.75 Å². The number of ether oxygens (including phenoxy) is 1. The number of hydrogen-bond donors (Lipinski definition) is 1. The van der Waals surface area contributed by atoms with E-state index in [-0.39, 0.29) is 5.75 Å². The Morgan fingerprint density at radius 1 is 1.32 bits per heavy atom. The highest BCUT2D eigenvalue weighted by molar-refractivity contribution is 5.27. The molecule has 1 fully saturated rings. The van der Waals surface area contributed by atoms with E-state index >= 15 is 0 Å². The normalized spacial score (nSPS) is 19.9. The van der Waals surface area contributed by atoms with E-state index in [1.54, 1.807) is 12.1 Å². The molecule has 0 radical (unpaired) electrons. The molecule has 0 saturated carbocycles. The van der Waals surface area contributed by atoms with Crippen LogP contribution in [0.3, 0.4) is 0 Å². The molecule has 106 valence electrons. The van der Waals surface area contributed by atoms with Crippen molar-refractivity contribution in [3.63, 3.8) is 0 Å². The molecular weight excluding hydrogens is 257 g/mol. The summed E-state index contributed by atoms with van der Waals surface area (Å²) < 4.78 is 39.9. The topological polar surface area (TPSA) is 24.5 Å². The second kappa shape index (κ2) is 5.79. The number of rotatable bonds is 4. The molecule has 2 rings (SSSR count). The third kappa shape index (κ3) is 4.40. The van der Waals surface area contributed by atoms with Gasteiger partial charge in [-0.3, -0.25) is 4.90 Å². The molecule has 0 amide bonds. The predicted octanol–water partition coefficient (Wildman–Crippen LogP) is 2.38. The van der Waals surface area contributed by atoms with E-state index in [2.05, 4.69) is 15.0 Å². The number of nitrogens with zero attached hydrogens (tertiary/aromatic N) is 1. The highest BCUT2D eigenvalue weighted by Crippen LogP contribution is 2.23. The van der Waals surface area contributed by atoms with Crippen molar-refractivity contribution in [3.05, 3.63) is 29.8 Å². The highest BCUT2D eigenvalue weighted by atomic mass is 19.4. The molecule has 0 bridgehead atoms. The van der Waals surface area contributed by atoms with Crippen molar-refractivity contribution >= 4 is 0 Å². The third-order valence-electron chi connectivity index (χ3n) is 3.25. The van der Waals surface area contributed by atoms with Crippen LogP contribution in [0.5, 0.6) is 5.75 Å². The van der Waals surface area contributed by atoms with Crippen LogP contribution in [-0.2, 0) is 6.54 Å². The first-order valence-corrected chi connectivity index (χ1v) is 6.20. The minimum Gasteiger partial charge on any atom is -0.406 e. The monoisotopic (exact) mass is 274 g/mol.